The Labute approximate surface area is 153 Å². The number of carbonyl (C=O) groups is 1. The molecular formula is C15H11Cl3N2O2S. The van der Waals surface area contributed by atoms with Gasteiger partial charge >= 0.3 is 0 Å². The van der Waals surface area contributed by atoms with Gasteiger partial charge < -0.3 is 10.1 Å². The SMILES string of the molecule is O=C(COc1ccccc1Cl)NC(=S)Nc1ccc(Cl)c(Cl)c1. The number of thiocarbonyl (C=S) groups is 1. The first-order valence-corrected chi connectivity index (χ1v) is 7.93. The van der Waals surface area contributed by atoms with Gasteiger partial charge in [0.15, 0.2) is 11.7 Å². The van der Waals surface area contributed by atoms with E-state index < -0.39 is 5.91 Å². The van der Waals surface area contributed by atoms with Crippen molar-refractivity contribution in [3.63, 3.8) is 0 Å². The molecule has 23 heavy (non-hydrogen) atoms. The molecule has 2 aromatic carbocycles. The van der Waals surface area contributed by atoms with Crippen LogP contribution in [-0.4, -0.2) is 17.6 Å². The highest BCUT2D eigenvalue weighted by Crippen LogP contribution is 2.25. The van der Waals surface area contributed by atoms with Crippen LogP contribution < -0.4 is 15.4 Å². The zero-order chi connectivity index (χ0) is 16.8. The summed E-state index contributed by atoms with van der Waals surface area (Å²) in [5.74, 6) is 0.00941. The molecule has 4 nitrogen and oxygen atoms in total. The van der Waals surface area contributed by atoms with E-state index in [0.29, 0.717) is 26.5 Å². The molecule has 2 rings (SSSR count). The van der Waals surface area contributed by atoms with Crippen LogP contribution in [0.2, 0.25) is 15.1 Å². The number of hydrogen-bond donors (Lipinski definition) is 2. The van der Waals surface area contributed by atoms with Gasteiger partial charge in [0.05, 0.1) is 15.1 Å². The Kier molecular flexibility index (Phi) is 6.47. The van der Waals surface area contributed by atoms with Crippen molar-refractivity contribution in [1.82, 2.24) is 5.32 Å². The average molecular weight is 390 g/mol. The van der Waals surface area contributed by atoms with Gasteiger partial charge in [-0.15, -0.1) is 0 Å². The molecule has 0 spiro atoms. The molecule has 0 radical (unpaired) electrons. The number of ether oxygens (including phenoxy) is 1. The van der Waals surface area contributed by atoms with Crippen molar-refractivity contribution in [3.05, 3.63) is 57.5 Å². The summed E-state index contributed by atoms with van der Waals surface area (Å²) >= 11 is 22.7. The van der Waals surface area contributed by atoms with Gasteiger partial charge in [-0.05, 0) is 42.5 Å². The molecular weight excluding hydrogens is 379 g/mol. The second-order valence-corrected chi connectivity index (χ2v) is 5.98. The lowest BCUT2D eigenvalue weighted by Crippen LogP contribution is -2.37. The Hall–Kier alpha value is -1.53. The normalized spacial score (nSPS) is 10.0. The molecule has 0 bridgehead atoms. The smallest absolute Gasteiger partial charge is 0.264 e. The van der Waals surface area contributed by atoms with Crippen LogP contribution in [0.5, 0.6) is 5.75 Å². The van der Waals surface area contributed by atoms with E-state index in [9.17, 15) is 4.79 Å². The highest BCUT2D eigenvalue weighted by molar-refractivity contribution is 7.80. The third-order valence-corrected chi connectivity index (χ3v) is 3.88. The Bertz CT molecular complexity index is 740. The molecule has 2 aromatic rings. The molecule has 120 valence electrons. The van der Waals surface area contributed by atoms with E-state index >= 15 is 0 Å². The zero-order valence-electron chi connectivity index (χ0n) is 11.6. The van der Waals surface area contributed by atoms with E-state index in [1.165, 1.54) is 0 Å². The lowest BCUT2D eigenvalue weighted by atomic mass is 10.3. The number of halogens is 3. The second-order valence-electron chi connectivity index (χ2n) is 4.35. The molecule has 0 atom stereocenters. The van der Waals surface area contributed by atoms with Gasteiger partial charge in [-0.2, -0.15) is 0 Å². The third kappa shape index (κ3) is 5.55. The Balaban J connectivity index is 1.84. The van der Waals surface area contributed by atoms with Crippen LogP contribution in [-0.2, 0) is 4.79 Å². The maximum atomic E-state index is 11.8. The number of hydrogen-bond acceptors (Lipinski definition) is 3. The lowest BCUT2D eigenvalue weighted by molar-refractivity contribution is -0.121. The summed E-state index contributed by atoms with van der Waals surface area (Å²) in [5, 5.41) is 6.68. The van der Waals surface area contributed by atoms with Crippen molar-refractivity contribution < 1.29 is 9.53 Å². The minimum absolute atomic E-state index is 0.121. The van der Waals surface area contributed by atoms with E-state index in [4.69, 9.17) is 51.8 Å². The fraction of sp³-hybridized carbons (Fsp3) is 0.0667. The largest absolute Gasteiger partial charge is 0.482 e. The molecule has 0 aromatic heterocycles. The van der Waals surface area contributed by atoms with Crippen molar-refractivity contribution in [2.75, 3.05) is 11.9 Å². The minimum atomic E-state index is -0.414. The second kappa shape index (κ2) is 8.36. The Morgan fingerprint density at radius 1 is 1.04 bits per heavy atom. The number of benzene rings is 2. The quantitative estimate of drug-likeness (QED) is 0.754. The van der Waals surface area contributed by atoms with E-state index in [1.807, 2.05) is 0 Å². The maximum Gasteiger partial charge on any atom is 0.264 e. The summed E-state index contributed by atoms with van der Waals surface area (Å²) in [5.41, 5.74) is 0.608. The fourth-order valence-corrected chi connectivity index (χ4v) is 2.32. The first-order valence-electron chi connectivity index (χ1n) is 6.39. The molecule has 0 aliphatic rings. The van der Waals surface area contributed by atoms with Crippen LogP contribution in [0.3, 0.4) is 0 Å². The fourth-order valence-electron chi connectivity index (χ4n) is 1.60. The molecule has 0 heterocycles. The minimum Gasteiger partial charge on any atom is -0.482 e. The van der Waals surface area contributed by atoms with E-state index in [-0.39, 0.29) is 11.7 Å². The van der Waals surface area contributed by atoms with Gasteiger partial charge in [0.2, 0.25) is 0 Å². The summed E-state index contributed by atoms with van der Waals surface area (Å²) in [4.78, 5) is 11.8. The van der Waals surface area contributed by atoms with Crippen molar-refractivity contribution >= 4 is 63.7 Å². The summed E-state index contributed by atoms with van der Waals surface area (Å²) in [6, 6.07) is 11.8. The summed E-state index contributed by atoms with van der Waals surface area (Å²) in [7, 11) is 0. The van der Waals surface area contributed by atoms with Crippen molar-refractivity contribution in [3.8, 4) is 5.75 Å². The van der Waals surface area contributed by atoms with Gasteiger partial charge in [0.1, 0.15) is 5.75 Å². The molecule has 0 saturated heterocycles. The summed E-state index contributed by atoms with van der Waals surface area (Å²) in [6.45, 7) is -0.215. The number of anilines is 1. The standard InChI is InChI=1S/C15H11Cl3N2O2S/c16-10-6-5-9(7-12(10)18)19-15(23)20-14(21)8-22-13-4-2-1-3-11(13)17/h1-7H,8H2,(H2,19,20,21,23). The van der Waals surface area contributed by atoms with Crippen LogP contribution >= 0.6 is 47.0 Å². The first-order chi connectivity index (χ1) is 11.0. The van der Waals surface area contributed by atoms with Gasteiger partial charge in [0, 0.05) is 5.69 Å². The monoisotopic (exact) mass is 388 g/mol. The van der Waals surface area contributed by atoms with Gasteiger partial charge in [-0.25, -0.2) is 0 Å². The number of carbonyl (C=O) groups excluding carboxylic acids is 1. The number of amides is 1. The maximum absolute atomic E-state index is 11.8. The predicted molar refractivity (Wildman–Crippen MR) is 97.8 cm³/mol. The number of nitrogens with one attached hydrogen (secondary N) is 2. The molecule has 0 aliphatic heterocycles. The van der Waals surface area contributed by atoms with Crippen LogP contribution in [0.15, 0.2) is 42.5 Å². The molecule has 0 unspecified atom stereocenters. The molecule has 1 amide bonds. The van der Waals surface area contributed by atoms with E-state index in [0.717, 1.165) is 0 Å². The third-order valence-electron chi connectivity index (χ3n) is 2.63. The van der Waals surface area contributed by atoms with E-state index in [1.54, 1.807) is 42.5 Å². The van der Waals surface area contributed by atoms with Crippen LogP contribution in [0.4, 0.5) is 5.69 Å². The van der Waals surface area contributed by atoms with Crippen LogP contribution in [0, 0.1) is 0 Å². The topological polar surface area (TPSA) is 50.4 Å². The highest BCUT2D eigenvalue weighted by Gasteiger charge is 2.08. The molecule has 0 aliphatic carbocycles. The van der Waals surface area contributed by atoms with Crippen molar-refractivity contribution in [2.24, 2.45) is 0 Å². The highest BCUT2D eigenvalue weighted by atomic mass is 35.5. The number of para-hydroxylation sites is 1. The van der Waals surface area contributed by atoms with Crippen molar-refractivity contribution in [2.45, 2.75) is 0 Å². The molecule has 0 saturated carbocycles. The average Bonchev–Trinajstić information content (AvgIpc) is 2.50. The predicted octanol–water partition coefficient (Wildman–Crippen LogP) is 4.54. The lowest BCUT2D eigenvalue weighted by Gasteiger charge is -2.11. The molecule has 8 heteroatoms. The molecule has 0 fully saturated rings. The van der Waals surface area contributed by atoms with Crippen LogP contribution in [0.1, 0.15) is 0 Å². The van der Waals surface area contributed by atoms with Crippen LogP contribution in [0.25, 0.3) is 0 Å². The molecule has 2 N–H and O–H groups in total. The van der Waals surface area contributed by atoms with Gasteiger partial charge in [-0.1, -0.05) is 46.9 Å². The Morgan fingerprint density at radius 2 is 1.78 bits per heavy atom. The number of rotatable bonds is 4. The zero-order valence-corrected chi connectivity index (χ0v) is 14.7. The first kappa shape index (κ1) is 17.8. The summed E-state index contributed by atoms with van der Waals surface area (Å²) < 4.78 is 5.31. The van der Waals surface area contributed by atoms with Crippen molar-refractivity contribution in [1.29, 1.82) is 0 Å². The summed E-state index contributed by atoms with van der Waals surface area (Å²) in [6.07, 6.45) is 0. The Morgan fingerprint density at radius 3 is 2.48 bits per heavy atom. The van der Waals surface area contributed by atoms with Gasteiger partial charge in [-0.3, -0.25) is 10.1 Å². The van der Waals surface area contributed by atoms with Gasteiger partial charge in [0.25, 0.3) is 5.91 Å². The van der Waals surface area contributed by atoms with E-state index in [2.05, 4.69) is 10.6 Å².